The number of hydrogen-bond donors (Lipinski definition) is 0. The van der Waals surface area contributed by atoms with E-state index in [9.17, 15) is 9.18 Å². The monoisotopic (exact) mass is 367 g/mol. The van der Waals surface area contributed by atoms with E-state index in [0.717, 1.165) is 5.56 Å². The Kier molecular flexibility index (Phi) is 6.23. The number of ether oxygens (including phenoxy) is 1. The van der Waals surface area contributed by atoms with Crippen molar-refractivity contribution in [2.45, 2.75) is 6.54 Å². The molecule has 0 aliphatic rings. The first-order chi connectivity index (χ1) is 11.4. The van der Waals surface area contributed by atoms with E-state index in [-0.39, 0.29) is 18.2 Å². The zero-order valence-corrected chi connectivity index (χ0v) is 14.7. The third kappa shape index (κ3) is 4.73. The van der Waals surface area contributed by atoms with Crippen molar-refractivity contribution < 1.29 is 13.9 Å². The summed E-state index contributed by atoms with van der Waals surface area (Å²) in [6, 6.07) is 9.70. The summed E-state index contributed by atoms with van der Waals surface area (Å²) in [4.78, 5) is 13.6. The van der Waals surface area contributed by atoms with E-state index in [2.05, 4.69) is 0 Å². The molecule has 0 aromatic heterocycles. The van der Waals surface area contributed by atoms with Gasteiger partial charge in [0.15, 0.2) is 11.6 Å². The Labute approximate surface area is 150 Å². The van der Waals surface area contributed by atoms with Gasteiger partial charge >= 0.3 is 0 Å². The molecule has 24 heavy (non-hydrogen) atoms. The van der Waals surface area contributed by atoms with Crippen LogP contribution in [-0.2, 0) is 11.3 Å². The molecular weight excluding hydrogens is 352 g/mol. The molecule has 0 fully saturated rings. The van der Waals surface area contributed by atoms with Gasteiger partial charge < -0.3 is 9.64 Å². The number of likely N-dealkylation sites (N-methyl/N-ethyl adjacent to an activating group) is 1. The molecule has 0 heterocycles. The summed E-state index contributed by atoms with van der Waals surface area (Å²) >= 11 is 11.8. The van der Waals surface area contributed by atoms with Crippen molar-refractivity contribution >= 4 is 35.2 Å². The Morgan fingerprint density at radius 2 is 1.96 bits per heavy atom. The van der Waals surface area contributed by atoms with Gasteiger partial charge in [-0.25, -0.2) is 4.39 Å². The van der Waals surface area contributed by atoms with Crippen LogP contribution in [0.15, 0.2) is 42.5 Å². The van der Waals surface area contributed by atoms with Gasteiger partial charge in [-0.2, -0.15) is 0 Å². The first-order valence-electron chi connectivity index (χ1n) is 7.11. The molecule has 0 N–H and O–H groups in total. The van der Waals surface area contributed by atoms with Crippen LogP contribution in [0.5, 0.6) is 5.75 Å². The van der Waals surface area contributed by atoms with Crippen LogP contribution in [0.25, 0.3) is 6.08 Å². The molecule has 1 amide bonds. The topological polar surface area (TPSA) is 29.5 Å². The van der Waals surface area contributed by atoms with Gasteiger partial charge in [-0.05, 0) is 41.5 Å². The minimum Gasteiger partial charge on any atom is -0.494 e. The fourth-order valence-electron chi connectivity index (χ4n) is 2.07. The summed E-state index contributed by atoms with van der Waals surface area (Å²) in [7, 11) is 3.05. The number of nitrogens with zero attached hydrogens (tertiary/aromatic N) is 1. The molecule has 3 nitrogen and oxygen atoms in total. The molecule has 2 aromatic carbocycles. The standard InChI is InChI=1S/C18H16Cl2FNO2/c1-22(11-13-4-7-17(24-2)16(21)10-13)18(23)8-5-12-3-6-14(19)15(20)9-12/h3-10H,11H2,1-2H3/b8-5+. The molecule has 0 bridgehead atoms. The Bertz CT molecular complexity index is 778. The van der Waals surface area contributed by atoms with Crippen molar-refractivity contribution in [2.75, 3.05) is 14.2 Å². The smallest absolute Gasteiger partial charge is 0.246 e. The minimum atomic E-state index is -0.456. The van der Waals surface area contributed by atoms with Gasteiger partial charge in [0.05, 0.1) is 17.2 Å². The number of amides is 1. The average molecular weight is 368 g/mol. The van der Waals surface area contributed by atoms with E-state index in [1.54, 1.807) is 37.4 Å². The highest BCUT2D eigenvalue weighted by Crippen LogP contribution is 2.23. The van der Waals surface area contributed by atoms with Gasteiger partial charge in [0.2, 0.25) is 5.91 Å². The number of benzene rings is 2. The van der Waals surface area contributed by atoms with Crippen molar-refractivity contribution in [2.24, 2.45) is 0 Å². The third-order valence-corrected chi connectivity index (χ3v) is 4.11. The zero-order chi connectivity index (χ0) is 17.7. The Morgan fingerprint density at radius 1 is 1.21 bits per heavy atom. The summed E-state index contributed by atoms with van der Waals surface area (Å²) < 4.78 is 18.5. The lowest BCUT2D eigenvalue weighted by Gasteiger charge is -2.15. The second kappa shape index (κ2) is 8.18. The largest absolute Gasteiger partial charge is 0.494 e. The molecular formula is C18H16Cl2FNO2. The molecule has 0 unspecified atom stereocenters. The maximum Gasteiger partial charge on any atom is 0.246 e. The van der Waals surface area contributed by atoms with Gasteiger partial charge in [0, 0.05) is 19.7 Å². The van der Waals surface area contributed by atoms with Crippen molar-refractivity contribution in [1.82, 2.24) is 4.90 Å². The fourth-order valence-corrected chi connectivity index (χ4v) is 2.38. The molecule has 0 saturated carbocycles. The number of methoxy groups -OCH3 is 1. The van der Waals surface area contributed by atoms with E-state index in [1.165, 1.54) is 30.2 Å². The molecule has 0 atom stereocenters. The van der Waals surface area contributed by atoms with Gasteiger partial charge in [-0.1, -0.05) is 35.3 Å². The van der Waals surface area contributed by atoms with Crippen LogP contribution < -0.4 is 4.74 Å². The molecule has 2 aromatic rings. The number of carbonyl (C=O) groups excluding carboxylic acids is 1. The maximum atomic E-state index is 13.7. The third-order valence-electron chi connectivity index (χ3n) is 3.37. The van der Waals surface area contributed by atoms with Crippen LogP contribution in [0.3, 0.4) is 0 Å². The highest BCUT2D eigenvalue weighted by molar-refractivity contribution is 6.42. The molecule has 2 rings (SSSR count). The van der Waals surface area contributed by atoms with Gasteiger partial charge in [0.25, 0.3) is 0 Å². The highest BCUT2D eigenvalue weighted by Gasteiger charge is 2.09. The predicted molar refractivity (Wildman–Crippen MR) is 94.9 cm³/mol. The minimum absolute atomic E-state index is 0.173. The van der Waals surface area contributed by atoms with E-state index < -0.39 is 5.82 Å². The average Bonchev–Trinajstić information content (AvgIpc) is 2.55. The summed E-state index contributed by atoms with van der Waals surface area (Å²) in [5.41, 5.74) is 1.44. The molecule has 126 valence electrons. The van der Waals surface area contributed by atoms with Crippen molar-refractivity contribution in [3.8, 4) is 5.75 Å². The normalized spacial score (nSPS) is 10.9. The van der Waals surface area contributed by atoms with Crippen LogP contribution in [-0.4, -0.2) is 25.0 Å². The van der Waals surface area contributed by atoms with Crippen LogP contribution in [0, 0.1) is 5.82 Å². The predicted octanol–water partition coefficient (Wildman–Crippen LogP) is 4.81. The highest BCUT2D eigenvalue weighted by atomic mass is 35.5. The lowest BCUT2D eigenvalue weighted by atomic mass is 10.2. The molecule has 6 heteroatoms. The summed E-state index contributed by atoms with van der Waals surface area (Å²) in [5.74, 6) is -0.494. The maximum absolute atomic E-state index is 13.7. The summed E-state index contributed by atoms with van der Waals surface area (Å²) in [5, 5.41) is 0.882. The summed E-state index contributed by atoms with van der Waals surface area (Å²) in [6.45, 7) is 0.283. The number of carbonyl (C=O) groups is 1. The lowest BCUT2D eigenvalue weighted by Crippen LogP contribution is -2.24. The first-order valence-corrected chi connectivity index (χ1v) is 7.87. The molecule has 0 radical (unpaired) electrons. The number of rotatable bonds is 5. The van der Waals surface area contributed by atoms with E-state index in [1.807, 2.05) is 0 Å². The number of halogens is 3. The van der Waals surface area contributed by atoms with Crippen molar-refractivity contribution in [1.29, 1.82) is 0 Å². The van der Waals surface area contributed by atoms with Crippen molar-refractivity contribution in [3.63, 3.8) is 0 Å². The summed E-state index contributed by atoms with van der Waals surface area (Å²) in [6.07, 6.45) is 3.08. The van der Waals surface area contributed by atoms with E-state index in [4.69, 9.17) is 27.9 Å². The number of hydrogen-bond acceptors (Lipinski definition) is 2. The van der Waals surface area contributed by atoms with E-state index >= 15 is 0 Å². The fraction of sp³-hybridized carbons (Fsp3) is 0.167. The Hall–Kier alpha value is -2.04. The van der Waals surface area contributed by atoms with Crippen LogP contribution in [0.4, 0.5) is 4.39 Å². The quantitative estimate of drug-likeness (QED) is 0.709. The second-order valence-corrected chi connectivity index (χ2v) is 5.98. The Morgan fingerprint density at radius 3 is 2.58 bits per heavy atom. The molecule has 0 aliphatic heterocycles. The Balaban J connectivity index is 2.02. The lowest BCUT2D eigenvalue weighted by molar-refractivity contribution is -0.125. The van der Waals surface area contributed by atoms with Gasteiger partial charge in [-0.15, -0.1) is 0 Å². The van der Waals surface area contributed by atoms with E-state index in [0.29, 0.717) is 15.6 Å². The molecule has 0 saturated heterocycles. The molecule has 0 aliphatic carbocycles. The van der Waals surface area contributed by atoms with Crippen LogP contribution >= 0.6 is 23.2 Å². The zero-order valence-electron chi connectivity index (χ0n) is 13.2. The van der Waals surface area contributed by atoms with Gasteiger partial charge in [0.1, 0.15) is 0 Å². The SMILES string of the molecule is COc1ccc(CN(C)C(=O)/C=C/c2ccc(Cl)c(Cl)c2)cc1F. The van der Waals surface area contributed by atoms with Crippen LogP contribution in [0.2, 0.25) is 10.0 Å². The van der Waals surface area contributed by atoms with Crippen LogP contribution in [0.1, 0.15) is 11.1 Å². The van der Waals surface area contributed by atoms with Gasteiger partial charge in [-0.3, -0.25) is 4.79 Å². The first kappa shape index (κ1) is 18.3. The molecule has 0 spiro atoms. The second-order valence-electron chi connectivity index (χ2n) is 5.17. The van der Waals surface area contributed by atoms with Crippen molar-refractivity contribution in [3.05, 3.63) is 69.5 Å².